The largest absolute Gasteiger partial charge is 0.493 e. The smallest absolute Gasteiger partial charge is 0.348 e. The van der Waals surface area contributed by atoms with Crippen LogP contribution < -0.4 is 9.47 Å². The third-order valence-electron chi connectivity index (χ3n) is 5.95. The number of nitro groups is 1. The number of nitro benzene ring substituents is 1. The number of methoxy groups -OCH3 is 1. The maximum Gasteiger partial charge on any atom is 0.348 e. The summed E-state index contributed by atoms with van der Waals surface area (Å²) in [5.41, 5.74) is 0.297. The molecule has 12 heteroatoms. The highest BCUT2D eigenvalue weighted by atomic mass is 32.1. The summed E-state index contributed by atoms with van der Waals surface area (Å²) in [5.74, 6) is -1.84. The van der Waals surface area contributed by atoms with Gasteiger partial charge in [-0.2, -0.15) is 5.26 Å². The van der Waals surface area contributed by atoms with Crippen LogP contribution in [0.4, 0.5) is 5.69 Å². The number of hydrogen-bond donors (Lipinski definition) is 0. The molecule has 0 atom stereocenters. The summed E-state index contributed by atoms with van der Waals surface area (Å²) in [7, 11) is 1.36. The zero-order valence-electron chi connectivity index (χ0n) is 23.4. The summed E-state index contributed by atoms with van der Waals surface area (Å²) in [6, 6.07) is 13.4. The average Bonchev–Trinajstić information content (AvgIpc) is 3.30. The van der Waals surface area contributed by atoms with Crippen LogP contribution in [0.1, 0.15) is 55.4 Å². The number of thiophene rings is 1. The topological polar surface area (TPSA) is 155 Å². The minimum absolute atomic E-state index is 0.0445. The minimum atomic E-state index is -0.725. The van der Waals surface area contributed by atoms with Crippen molar-refractivity contribution in [1.29, 1.82) is 5.26 Å². The molecule has 0 spiro atoms. The molecule has 0 fully saturated rings. The third-order valence-corrected chi connectivity index (χ3v) is 7.22. The van der Waals surface area contributed by atoms with Gasteiger partial charge in [-0.1, -0.05) is 30.3 Å². The van der Waals surface area contributed by atoms with Crippen LogP contribution in [-0.4, -0.2) is 43.0 Å². The first-order chi connectivity index (χ1) is 20.1. The zero-order chi connectivity index (χ0) is 30.8. The van der Waals surface area contributed by atoms with Gasteiger partial charge in [-0.05, 0) is 44.0 Å². The van der Waals surface area contributed by atoms with E-state index in [0.717, 1.165) is 23.0 Å². The summed E-state index contributed by atoms with van der Waals surface area (Å²) in [5, 5.41) is 21.7. The van der Waals surface area contributed by atoms with E-state index in [1.54, 1.807) is 26.8 Å². The number of nitriles is 1. The molecular weight excluding hydrogens is 564 g/mol. The lowest BCUT2D eigenvalue weighted by Gasteiger charge is -2.12. The van der Waals surface area contributed by atoms with Crippen molar-refractivity contribution in [3.8, 4) is 17.6 Å². The van der Waals surface area contributed by atoms with Gasteiger partial charge in [0.05, 0.1) is 48.0 Å². The number of hydrogen-bond acceptors (Lipinski definition) is 11. The second-order valence-corrected chi connectivity index (χ2v) is 9.76. The highest BCUT2D eigenvalue weighted by molar-refractivity contribution is 7.14. The van der Waals surface area contributed by atoms with E-state index in [4.69, 9.17) is 18.9 Å². The molecule has 11 nitrogen and oxygen atoms in total. The van der Waals surface area contributed by atoms with Crippen molar-refractivity contribution < 1.29 is 38.3 Å². The summed E-state index contributed by atoms with van der Waals surface area (Å²) in [6.07, 6.45) is 0.655. The van der Waals surface area contributed by atoms with Gasteiger partial charge in [0.1, 0.15) is 17.6 Å². The molecule has 0 saturated heterocycles. The number of esters is 2. The Balaban J connectivity index is 1.99. The molecule has 1 aromatic heterocycles. The van der Waals surface area contributed by atoms with Crippen LogP contribution in [0.15, 0.2) is 48.0 Å². The second-order valence-electron chi connectivity index (χ2n) is 8.66. The summed E-state index contributed by atoms with van der Waals surface area (Å²) in [6.45, 7) is 5.10. The first-order valence-electron chi connectivity index (χ1n) is 12.8. The number of rotatable bonds is 13. The molecule has 0 bridgehead atoms. The molecule has 0 unspecified atom stereocenters. The molecule has 0 amide bonds. The molecule has 0 aliphatic heterocycles. The molecule has 3 aromatic rings. The van der Waals surface area contributed by atoms with Crippen LogP contribution in [0.5, 0.6) is 11.5 Å². The number of Topliss-reactive ketones (excluding diaryl/α,β-unsaturated/α-hetero) is 1. The van der Waals surface area contributed by atoms with Crippen molar-refractivity contribution in [3.63, 3.8) is 0 Å². The predicted molar refractivity (Wildman–Crippen MR) is 154 cm³/mol. The van der Waals surface area contributed by atoms with Crippen molar-refractivity contribution in [2.75, 3.05) is 20.3 Å². The fourth-order valence-corrected chi connectivity index (χ4v) is 5.16. The maximum atomic E-state index is 13.3. The molecule has 218 valence electrons. The van der Waals surface area contributed by atoms with Gasteiger partial charge >= 0.3 is 11.9 Å². The third kappa shape index (κ3) is 7.38. The number of ketones is 1. The van der Waals surface area contributed by atoms with Gasteiger partial charge in [-0.3, -0.25) is 14.9 Å². The number of carbonyl (C=O) groups is 3. The van der Waals surface area contributed by atoms with E-state index in [0.29, 0.717) is 5.56 Å². The number of allylic oxidation sites excluding steroid dienone is 1. The Morgan fingerprint density at radius 3 is 2.31 bits per heavy atom. The van der Waals surface area contributed by atoms with Crippen LogP contribution in [0.2, 0.25) is 0 Å². The quantitative estimate of drug-likeness (QED) is 0.0802. The van der Waals surface area contributed by atoms with E-state index in [9.17, 15) is 29.8 Å². The van der Waals surface area contributed by atoms with Gasteiger partial charge in [-0.15, -0.1) is 11.3 Å². The van der Waals surface area contributed by atoms with Crippen LogP contribution >= 0.6 is 11.3 Å². The van der Waals surface area contributed by atoms with E-state index in [1.807, 2.05) is 30.3 Å². The van der Waals surface area contributed by atoms with Crippen LogP contribution in [0, 0.1) is 28.4 Å². The van der Waals surface area contributed by atoms with Crippen molar-refractivity contribution >= 4 is 40.8 Å². The van der Waals surface area contributed by atoms with Crippen molar-refractivity contribution in [3.05, 3.63) is 90.2 Å². The first-order valence-corrected chi connectivity index (χ1v) is 13.6. The monoisotopic (exact) mass is 592 g/mol. The minimum Gasteiger partial charge on any atom is -0.493 e. The Labute approximate surface area is 246 Å². The van der Waals surface area contributed by atoms with Crippen molar-refractivity contribution in [1.82, 2.24) is 0 Å². The van der Waals surface area contributed by atoms with Gasteiger partial charge in [0.25, 0.3) is 5.69 Å². The van der Waals surface area contributed by atoms with E-state index in [-0.39, 0.29) is 52.2 Å². The molecule has 0 N–H and O–H groups in total. The molecule has 0 radical (unpaired) electrons. The summed E-state index contributed by atoms with van der Waals surface area (Å²) < 4.78 is 21.3. The Morgan fingerprint density at radius 1 is 1.05 bits per heavy atom. The van der Waals surface area contributed by atoms with E-state index >= 15 is 0 Å². The maximum absolute atomic E-state index is 13.3. The van der Waals surface area contributed by atoms with Crippen LogP contribution in [0.25, 0.3) is 6.08 Å². The second kappa shape index (κ2) is 14.6. The standard InChI is InChI=1S/C30H28N2O9S/c1-5-39-29(34)27-18(3)28(30(35)40-6-2)42-26(27)15-23(33)21(16-31)12-20-13-24(38-4)25(14-22(20)32(36)37)41-17-19-10-8-7-9-11-19/h7-14H,5-6,15,17H2,1-4H3/b21-12+. The lowest BCUT2D eigenvalue weighted by molar-refractivity contribution is -0.385. The lowest BCUT2D eigenvalue weighted by atomic mass is 10.0. The molecule has 2 aromatic carbocycles. The Morgan fingerprint density at radius 2 is 1.71 bits per heavy atom. The molecule has 0 aliphatic rings. The number of carbonyl (C=O) groups excluding carboxylic acids is 3. The zero-order valence-corrected chi connectivity index (χ0v) is 24.2. The number of benzene rings is 2. The van der Waals surface area contributed by atoms with Gasteiger partial charge in [-0.25, -0.2) is 9.59 Å². The van der Waals surface area contributed by atoms with Crippen LogP contribution in [-0.2, 0) is 27.3 Å². The fraction of sp³-hybridized carbons (Fsp3) is 0.267. The Hall–Kier alpha value is -5.02. The average molecular weight is 593 g/mol. The molecule has 1 heterocycles. The molecule has 0 aliphatic carbocycles. The summed E-state index contributed by atoms with van der Waals surface area (Å²) in [4.78, 5) is 50.0. The molecular formula is C30H28N2O9S. The van der Waals surface area contributed by atoms with E-state index in [2.05, 4.69) is 0 Å². The molecule has 3 rings (SSSR count). The molecule has 42 heavy (non-hydrogen) atoms. The van der Waals surface area contributed by atoms with Crippen LogP contribution in [0.3, 0.4) is 0 Å². The van der Waals surface area contributed by atoms with Crippen molar-refractivity contribution in [2.24, 2.45) is 0 Å². The highest BCUT2D eigenvalue weighted by Gasteiger charge is 2.28. The molecule has 0 saturated carbocycles. The highest BCUT2D eigenvalue weighted by Crippen LogP contribution is 2.37. The Kier molecular flexibility index (Phi) is 10.9. The summed E-state index contributed by atoms with van der Waals surface area (Å²) >= 11 is 0.893. The Bertz CT molecular complexity index is 1570. The number of nitrogens with zero attached hydrogens (tertiary/aromatic N) is 2. The fourth-order valence-electron chi connectivity index (χ4n) is 3.98. The normalized spacial score (nSPS) is 10.9. The van der Waals surface area contributed by atoms with Gasteiger partial charge in [0.2, 0.25) is 0 Å². The van der Waals surface area contributed by atoms with E-state index in [1.165, 1.54) is 19.2 Å². The number of ether oxygens (including phenoxy) is 4. The van der Waals surface area contributed by atoms with E-state index < -0.39 is 40.3 Å². The first kappa shape index (κ1) is 31.5. The van der Waals surface area contributed by atoms with Crippen molar-refractivity contribution in [2.45, 2.75) is 33.8 Å². The SMILES string of the molecule is CCOC(=O)c1sc(CC(=O)/C(C#N)=C/c2cc(OC)c(OCc3ccccc3)cc2[N+](=O)[O-])c(C(=O)OCC)c1C. The lowest BCUT2D eigenvalue weighted by Crippen LogP contribution is -2.12. The van der Waals surface area contributed by atoms with Gasteiger partial charge < -0.3 is 18.9 Å². The predicted octanol–water partition coefficient (Wildman–Crippen LogP) is 5.62. The van der Waals surface area contributed by atoms with Gasteiger partial charge in [0, 0.05) is 11.3 Å². The van der Waals surface area contributed by atoms with Gasteiger partial charge in [0.15, 0.2) is 17.3 Å².